The van der Waals surface area contributed by atoms with E-state index in [2.05, 4.69) is 10.1 Å². The molecule has 5 heteroatoms. The van der Waals surface area contributed by atoms with Gasteiger partial charge in [0.1, 0.15) is 0 Å². The van der Waals surface area contributed by atoms with E-state index in [0.717, 1.165) is 29.9 Å². The largest absolute Gasteiger partial charge is 0.469 e. The summed E-state index contributed by atoms with van der Waals surface area (Å²) in [6.45, 7) is 0.762. The number of methoxy groups -OCH3 is 1. The molecule has 1 aromatic carbocycles. The number of halogens is 1. The van der Waals surface area contributed by atoms with Crippen LogP contribution >= 0.6 is 11.6 Å². The molecular weight excluding hydrogens is 362 g/mol. The Kier molecular flexibility index (Phi) is 5.19. The molecule has 0 atom stereocenters. The van der Waals surface area contributed by atoms with Crippen molar-refractivity contribution >= 4 is 23.5 Å². The molecule has 4 aliphatic carbocycles. The molecule has 4 fully saturated rings. The topological polar surface area (TPSA) is 55.4 Å². The molecule has 0 aromatic heterocycles. The van der Waals surface area contributed by atoms with Gasteiger partial charge in [-0.05, 0) is 85.8 Å². The van der Waals surface area contributed by atoms with Crippen LogP contribution in [0.3, 0.4) is 0 Å². The van der Waals surface area contributed by atoms with Gasteiger partial charge in [-0.1, -0.05) is 17.7 Å². The van der Waals surface area contributed by atoms with Crippen molar-refractivity contribution < 1.29 is 14.3 Å². The van der Waals surface area contributed by atoms with Gasteiger partial charge in [0.05, 0.1) is 17.7 Å². The van der Waals surface area contributed by atoms with Crippen molar-refractivity contribution in [2.24, 2.45) is 23.2 Å². The van der Waals surface area contributed by atoms with E-state index in [0.29, 0.717) is 28.8 Å². The van der Waals surface area contributed by atoms with Gasteiger partial charge in [-0.15, -0.1) is 0 Å². The Morgan fingerprint density at radius 1 is 1.15 bits per heavy atom. The molecule has 0 unspecified atom stereocenters. The first-order valence-corrected chi connectivity index (χ1v) is 10.5. The number of hydrogen-bond donors (Lipinski definition) is 1. The van der Waals surface area contributed by atoms with Gasteiger partial charge in [0, 0.05) is 13.0 Å². The van der Waals surface area contributed by atoms with Crippen LogP contribution in [0.2, 0.25) is 5.02 Å². The molecule has 0 saturated heterocycles. The molecular formula is C22H28ClNO3. The highest BCUT2D eigenvalue weighted by Gasteiger charge is 2.50. The fourth-order valence-electron chi connectivity index (χ4n) is 6.12. The second-order valence-corrected chi connectivity index (χ2v) is 9.40. The van der Waals surface area contributed by atoms with Crippen LogP contribution in [0.5, 0.6) is 0 Å². The zero-order valence-electron chi connectivity index (χ0n) is 15.9. The van der Waals surface area contributed by atoms with Gasteiger partial charge in [0.25, 0.3) is 5.91 Å². The molecule has 27 heavy (non-hydrogen) atoms. The maximum Gasteiger partial charge on any atom is 0.305 e. The third kappa shape index (κ3) is 4.01. The number of ether oxygens (including phenoxy) is 1. The Labute approximate surface area is 166 Å². The predicted molar refractivity (Wildman–Crippen MR) is 105 cm³/mol. The number of benzene rings is 1. The fourth-order valence-corrected chi connectivity index (χ4v) is 6.32. The van der Waals surface area contributed by atoms with Crippen molar-refractivity contribution in [1.29, 1.82) is 0 Å². The van der Waals surface area contributed by atoms with E-state index < -0.39 is 0 Å². The summed E-state index contributed by atoms with van der Waals surface area (Å²) in [5.74, 6) is 2.27. The number of nitrogens with one attached hydrogen (secondary N) is 1. The quantitative estimate of drug-likeness (QED) is 0.734. The monoisotopic (exact) mass is 389 g/mol. The van der Waals surface area contributed by atoms with Crippen molar-refractivity contribution in [3.63, 3.8) is 0 Å². The molecule has 4 nitrogen and oxygen atoms in total. The van der Waals surface area contributed by atoms with E-state index in [4.69, 9.17) is 11.6 Å². The van der Waals surface area contributed by atoms with Crippen LogP contribution in [0.4, 0.5) is 0 Å². The first-order valence-electron chi connectivity index (χ1n) is 10.1. The number of esters is 1. The van der Waals surface area contributed by atoms with Gasteiger partial charge in [-0.3, -0.25) is 9.59 Å². The van der Waals surface area contributed by atoms with Crippen LogP contribution in [-0.2, 0) is 16.0 Å². The Morgan fingerprint density at radius 3 is 2.37 bits per heavy atom. The number of rotatable bonds is 6. The van der Waals surface area contributed by atoms with E-state index in [1.165, 1.54) is 45.6 Å². The summed E-state index contributed by atoms with van der Waals surface area (Å²) in [5.41, 5.74) is 1.73. The van der Waals surface area contributed by atoms with E-state index in [9.17, 15) is 9.59 Å². The molecule has 1 aromatic rings. The van der Waals surface area contributed by atoms with Crippen molar-refractivity contribution in [2.75, 3.05) is 13.7 Å². The standard InChI is InChI=1S/C22H28ClNO3/c1-27-20(25)5-3-14-2-4-19(23)18(9-14)21(26)24-13-22-10-15-6-16(11-22)8-17(7-15)12-22/h2,4,9,15-17H,3,5-8,10-13H2,1H3,(H,24,26). The number of carbonyl (C=O) groups excluding carboxylic acids is 2. The van der Waals surface area contributed by atoms with E-state index in [1.54, 1.807) is 12.1 Å². The van der Waals surface area contributed by atoms with Crippen LogP contribution in [-0.4, -0.2) is 25.5 Å². The lowest BCUT2D eigenvalue weighted by Gasteiger charge is -2.56. The summed E-state index contributed by atoms with van der Waals surface area (Å²) in [7, 11) is 1.38. The summed E-state index contributed by atoms with van der Waals surface area (Å²) in [6.07, 6.45) is 8.86. The highest BCUT2D eigenvalue weighted by molar-refractivity contribution is 6.33. The molecule has 5 rings (SSSR count). The minimum atomic E-state index is -0.252. The Bertz CT molecular complexity index is 710. The Morgan fingerprint density at radius 2 is 1.78 bits per heavy atom. The molecule has 4 aliphatic rings. The summed E-state index contributed by atoms with van der Waals surface area (Å²) in [4.78, 5) is 24.2. The van der Waals surface area contributed by atoms with E-state index in [1.807, 2.05) is 6.07 Å². The molecule has 1 N–H and O–H groups in total. The van der Waals surface area contributed by atoms with Crippen LogP contribution in [0.1, 0.15) is 60.9 Å². The summed E-state index contributed by atoms with van der Waals surface area (Å²) in [6, 6.07) is 5.41. The van der Waals surface area contributed by atoms with Gasteiger partial charge >= 0.3 is 5.97 Å². The highest BCUT2D eigenvalue weighted by atomic mass is 35.5. The van der Waals surface area contributed by atoms with Crippen molar-refractivity contribution in [2.45, 2.75) is 51.4 Å². The lowest BCUT2D eigenvalue weighted by molar-refractivity contribution is -0.140. The second kappa shape index (κ2) is 7.46. The molecule has 4 saturated carbocycles. The molecule has 1 amide bonds. The minimum Gasteiger partial charge on any atom is -0.469 e. The zero-order chi connectivity index (χ0) is 19.0. The number of carbonyl (C=O) groups is 2. The summed E-state index contributed by atoms with van der Waals surface area (Å²) < 4.78 is 4.68. The van der Waals surface area contributed by atoms with Crippen molar-refractivity contribution in [1.82, 2.24) is 5.32 Å². The van der Waals surface area contributed by atoms with Crippen molar-refractivity contribution in [3.8, 4) is 0 Å². The van der Waals surface area contributed by atoms with Gasteiger partial charge in [-0.2, -0.15) is 0 Å². The number of amides is 1. The number of aryl methyl sites for hydroxylation is 1. The minimum absolute atomic E-state index is 0.101. The molecule has 146 valence electrons. The van der Waals surface area contributed by atoms with Crippen LogP contribution < -0.4 is 5.32 Å². The second-order valence-electron chi connectivity index (χ2n) is 8.99. The molecule has 0 radical (unpaired) electrons. The Balaban J connectivity index is 1.40. The predicted octanol–water partition coefficient (Wildman–Crippen LogP) is 4.39. The summed E-state index contributed by atoms with van der Waals surface area (Å²) >= 11 is 6.28. The molecule has 0 spiro atoms. The van der Waals surface area contributed by atoms with Crippen LogP contribution in [0.15, 0.2) is 18.2 Å². The van der Waals surface area contributed by atoms with Gasteiger partial charge in [0.15, 0.2) is 0 Å². The highest BCUT2D eigenvalue weighted by Crippen LogP contribution is 2.59. The molecule has 4 bridgehead atoms. The average molecular weight is 390 g/mol. The molecule has 0 aliphatic heterocycles. The third-order valence-corrected chi connectivity index (χ3v) is 7.24. The zero-order valence-corrected chi connectivity index (χ0v) is 16.7. The van der Waals surface area contributed by atoms with Gasteiger partial charge < -0.3 is 10.1 Å². The van der Waals surface area contributed by atoms with Crippen LogP contribution in [0, 0.1) is 23.2 Å². The SMILES string of the molecule is COC(=O)CCc1ccc(Cl)c(C(=O)NCC23CC4CC(CC(C4)C2)C3)c1. The molecule has 0 heterocycles. The maximum absolute atomic E-state index is 12.8. The number of hydrogen-bond acceptors (Lipinski definition) is 3. The first kappa shape index (κ1) is 18.8. The van der Waals surface area contributed by atoms with Gasteiger partial charge in [0.2, 0.25) is 0 Å². The fraction of sp³-hybridized carbons (Fsp3) is 0.636. The Hall–Kier alpha value is -1.55. The first-order chi connectivity index (χ1) is 13.0. The average Bonchev–Trinajstić information content (AvgIpc) is 2.64. The van der Waals surface area contributed by atoms with E-state index >= 15 is 0 Å². The smallest absolute Gasteiger partial charge is 0.305 e. The maximum atomic E-state index is 12.8. The normalized spacial score (nSPS) is 31.0. The van der Waals surface area contributed by atoms with Crippen molar-refractivity contribution in [3.05, 3.63) is 34.3 Å². The lowest BCUT2D eigenvalue weighted by atomic mass is 9.49. The van der Waals surface area contributed by atoms with E-state index in [-0.39, 0.29) is 11.9 Å². The van der Waals surface area contributed by atoms with Gasteiger partial charge in [-0.25, -0.2) is 0 Å². The van der Waals surface area contributed by atoms with Crippen LogP contribution in [0.25, 0.3) is 0 Å². The summed E-state index contributed by atoms with van der Waals surface area (Å²) in [5, 5.41) is 3.64. The lowest BCUT2D eigenvalue weighted by Crippen LogP contribution is -2.51. The third-order valence-electron chi connectivity index (χ3n) is 6.91.